The summed E-state index contributed by atoms with van der Waals surface area (Å²) in [6.45, 7) is 2.35. The van der Waals surface area contributed by atoms with E-state index in [9.17, 15) is 8.42 Å². The zero-order chi connectivity index (χ0) is 15.0. The first-order valence-electron chi connectivity index (χ1n) is 7.07. The largest absolute Gasteiger partial charge is 0.261 e. The number of nitrogens with zero attached hydrogens (tertiary/aromatic N) is 3. The normalized spacial score (nSPS) is 20.0. The van der Waals surface area contributed by atoms with Crippen LogP contribution >= 0.6 is 0 Å². The molecule has 0 radical (unpaired) electrons. The first-order chi connectivity index (χ1) is 10.0. The van der Waals surface area contributed by atoms with Gasteiger partial charge in [0, 0.05) is 19.2 Å². The van der Waals surface area contributed by atoms with E-state index < -0.39 is 10.0 Å². The summed E-state index contributed by atoms with van der Waals surface area (Å²) < 4.78 is 29.0. The van der Waals surface area contributed by atoms with Crippen molar-refractivity contribution in [2.45, 2.75) is 30.8 Å². The SMILES string of the molecule is Cc1cnn(C)c1S(=O)(=O)N1CCCC1c1ccccc1. The third kappa shape index (κ3) is 2.38. The summed E-state index contributed by atoms with van der Waals surface area (Å²) in [4.78, 5) is 0. The van der Waals surface area contributed by atoms with Crippen LogP contribution in [0.5, 0.6) is 0 Å². The summed E-state index contributed by atoms with van der Waals surface area (Å²) >= 11 is 0. The van der Waals surface area contributed by atoms with Gasteiger partial charge in [0.2, 0.25) is 0 Å². The van der Waals surface area contributed by atoms with Gasteiger partial charge in [0.1, 0.15) is 0 Å². The van der Waals surface area contributed by atoms with Gasteiger partial charge in [0.25, 0.3) is 10.0 Å². The van der Waals surface area contributed by atoms with E-state index in [0.717, 1.165) is 18.4 Å². The molecule has 1 saturated heterocycles. The van der Waals surface area contributed by atoms with E-state index in [4.69, 9.17) is 0 Å². The molecule has 0 saturated carbocycles. The minimum absolute atomic E-state index is 0.0782. The highest BCUT2D eigenvalue weighted by molar-refractivity contribution is 7.89. The van der Waals surface area contributed by atoms with Gasteiger partial charge in [0.15, 0.2) is 5.03 Å². The Hall–Kier alpha value is -1.66. The lowest BCUT2D eigenvalue weighted by atomic mass is 10.1. The summed E-state index contributed by atoms with van der Waals surface area (Å²) in [5.74, 6) is 0. The second kappa shape index (κ2) is 5.27. The number of aryl methyl sites for hydroxylation is 2. The standard InChI is InChI=1S/C15H19N3O2S/c1-12-11-16-17(2)15(12)21(19,20)18-10-6-9-14(18)13-7-4-3-5-8-13/h3-5,7-8,11,14H,6,9-10H2,1-2H3. The molecule has 3 rings (SSSR count). The molecule has 1 aliphatic rings. The zero-order valence-electron chi connectivity index (χ0n) is 12.2. The Morgan fingerprint density at radius 1 is 1.24 bits per heavy atom. The fraction of sp³-hybridized carbons (Fsp3) is 0.400. The molecule has 6 heteroatoms. The maximum atomic E-state index is 13.0. The summed E-state index contributed by atoms with van der Waals surface area (Å²) in [6, 6.07) is 9.76. The molecule has 2 aromatic rings. The van der Waals surface area contributed by atoms with Crippen LogP contribution in [-0.4, -0.2) is 29.0 Å². The monoisotopic (exact) mass is 305 g/mol. The van der Waals surface area contributed by atoms with Crippen LogP contribution < -0.4 is 0 Å². The molecule has 0 amide bonds. The fourth-order valence-corrected chi connectivity index (χ4v) is 5.05. The maximum Gasteiger partial charge on any atom is 0.261 e. The highest BCUT2D eigenvalue weighted by Crippen LogP contribution is 2.36. The van der Waals surface area contributed by atoms with Crippen LogP contribution in [-0.2, 0) is 17.1 Å². The average Bonchev–Trinajstić information content (AvgIpc) is 3.07. The molecule has 0 bridgehead atoms. The van der Waals surface area contributed by atoms with E-state index in [0.29, 0.717) is 17.1 Å². The van der Waals surface area contributed by atoms with Crippen LogP contribution in [0.4, 0.5) is 0 Å². The Kier molecular flexibility index (Phi) is 3.59. The Bertz CT molecular complexity index is 718. The van der Waals surface area contributed by atoms with Gasteiger partial charge in [0.05, 0.1) is 12.2 Å². The number of hydrogen-bond acceptors (Lipinski definition) is 3. The Morgan fingerprint density at radius 3 is 2.57 bits per heavy atom. The van der Waals surface area contributed by atoms with Crippen LogP contribution in [0.2, 0.25) is 0 Å². The summed E-state index contributed by atoms with van der Waals surface area (Å²) in [7, 11) is -1.85. The molecule has 21 heavy (non-hydrogen) atoms. The van der Waals surface area contributed by atoms with Crippen molar-refractivity contribution < 1.29 is 8.42 Å². The predicted octanol–water partition coefficient (Wildman–Crippen LogP) is 2.25. The second-order valence-corrected chi connectivity index (χ2v) is 7.25. The summed E-state index contributed by atoms with van der Waals surface area (Å²) in [5, 5.41) is 4.36. The predicted molar refractivity (Wildman–Crippen MR) is 80.3 cm³/mol. The van der Waals surface area contributed by atoms with Crippen molar-refractivity contribution in [3.63, 3.8) is 0 Å². The molecular weight excluding hydrogens is 286 g/mol. The molecule has 0 aliphatic carbocycles. The first kappa shape index (κ1) is 14.3. The van der Waals surface area contributed by atoms with E-state index in [1.54, 1.807) is 24.5 Å². The number of aromatic nitrogens is 2. The van der Waals surface area contributed by atoms with E-state index in [1.165, 1.54) is 4.68 Å². The van der Waals surface area contributed by atoms with Crippen molar-refractivity contribution in [3.8, 4) is 0 Å². The van der Waals surface area contributed by atoms with Crippen molar-refractivity contribution >= 4 is 10.0 Å². The van der Waals surface area contributed by atoms with Crippen molar-refractivity contribution in [3.05, 3.63) is 47.7 Å². The van der Waals surface area contributed by atoms with E-state index in [-0.39, 0.29) is 6.04 Å². The Balaban J connectivity index is 2.03. The van der Waals surface area contributed by atoms with Crippen LogP contribution in [0.1, 0.15) is 30.0 Å². The van der Waals surface area contributed by atoms with Crippen LogP contribution in [0.3, 0.4) is 0 Å². The van der Waals surface area contributed by atoms with E-state index in [1.807, 2.05) is 30.3 Å². The number of rotatable bonds is 3. The molecule has 1 unspecified atom stereocenters. The van der Waals surface area contributed by atoms with Crippen LogP contribution in [0.15, 0.2) is 41.6 Å². The van der Waals surface area contributed by atoms with Gasteiger partial charge in [-0.2, -0.15) is 9.40 Å². The molecular formula is C15H19N3O2S. The molecule has 1 fully saturated rings. The average molecular weight is 305 g/mol. The van der Waals surface area contributed by atoms with E-state index >= 15 is 0 Å². The van der Waals surface area contributed by atoms with Crippen LogP contribution in [0.25, 0.3) is 0 Å². The van der Waals surface area contributed by atoms with Gasteiger partial charge in [-0.3, -0.25) is 4.68 Å². The molecule has 0 spiro atoms. The zero-order valence-corrected chi connectivity index (χ0v) is 13.0. The van der Waals surface area contributed by atoms with Gasteiger partial charge < -0.3 is 0 Å². The highest BCUT2D eigenvalue weighted by Gasteiger charge is 2.38. The maximum absolute atomic E-state index is 13.0. The lowest BCUT2D eigenvalue weighted by Gasteiger charge is -2.24. The minimum atomic E-state index is -3.52. The van der Waals surface area contributed by atoms with Crippen LogP contribution in [0, 0.1) is 6.92 Å². The molecule has 1 aromatic heterocycles. The fourth-order valence-electron chi connectivity index (χ4n) is 3.05. The number of benzene rings is 1. The first-order valence-corrected chi connectivity index (χ1v) is 8.51. The molecule has 0 N–H and O–H groups in total. The number of sulfonamides is 1. The quantitative estimate of drug-likeness (QED) is 0.874. The van der Waals surface area contributed by atoms with Gasteiger partial charge >= 0.3 is 0 Å². The summed E-state index contributed by atoms with van der Waals surface area (Å²) in [5.41, 5.74) is 1.75. The third-order valence-corrected chi connectivity index (χ3v) is 6.13. The Morgan fingerprint density at radius 2 is 1.95 bits per heavy atom. The molecule has 112 valence electrons. The minimum Gasteiger partial charge on any atom is -0.256 e. The second-order valence-electron chi connectivity index (χ2n) is 5.44. The molecule has 1 aromatic carbocycles. The Labute approximate surface area is 125 Å². The summed E-state index contributed by atoms with van der Waals surface area (Å²) in [6.07, 6.45) is 3.34. The lowest BCUT2D eigenvalue weighted by molar-refractivity contribution is 0.391. The van der Waals surface area contributed by atoms with Crippen molar-refractivity contribution in [2.24, 2.45) is 7.05 Å². The van der Waals surface area contributed by atoms with Gasteiger partial charge in [-0.25, -0.2) is 8.42 Å². The smallest absolute Gasteiger partial charge is 0.256 e. The van der Waals surface area contributed by atoms with E-state index in [2.05, 4.69) is 5.10 Å². The number of hydrogen-bond donors (Lipinski definition) is 0. The molecule has 5 nitrogen and oxygen atoms in total. The molecule has 2 heterocycles. The van der Waals surface area contributed by atoms with Gasteiger partial charge in [-0.1, -0.05) is 30.3 Å². The highest BCUT2D eigenvalue weighted by atomic mass is 32.2. The molecule has 1 atom stereocenters. The van der Waals surface area contributed by atoms with Gasteiger partial charge in [-0.05, 0) is 25.3 Å². The van der Waals surface area contributed by atoms with Gasteiger partial charge in [-0.15, -0.1) is 0 Å². The van der Waals surface area contributed by atoms with Crippen molar-refractivity contribution in [1.82, 2.24) is 14.1 Å². The topological polar surface area (TPSA) is 55.2 Å². The van der Waals surface area contributed by atoms with Crippen molar-refractivity contribution in [1.29, 1.82) is 0 Å². The third-order valence-electron chi connectivity index (χ3n) is 4.00. The lowest BCUT2D eigenvalue weighted by Crippen LogP contribution is -2.32. The van der Waals surface area contributed by atoms with Crippen molar-refractivity contribution in [2.75, 3.05) is 6.54 Å². The molecule has 1 aliphatic heterocycles.